The number of methoxy groups -OCH3 is 1. The van der Waals surface area contributed by atoms with Crippen molar-refractivity contribution in [3.8, 4) is 5.75 Å². The van der Waals surface area contributed by atoms with Gasteiger partial charge in [-0.25, -0.2) is 0 Å². The largest absolute Gasteiger partial charge is 0.497 e. The monoisotopic (exact) mass is 233 g/mol. The molecule has 0 aromatic heterocycles. The number of nitrogens with zero attached hydrogens (tertiary/aromatic N) is 2. The van der Waals surface area contributed by atoms with E-state index in [1.54, 1.807) is 7.11 Å². The molecule has 0 spiro atoms. The average molecular weight is 233 g/mol. The van der Waals surface area contributed by atoms with Crippen LogP contribution in [0.3, 0.4) is 0 Å². The summed E-state index contributed by atoms with van der Waals surface area (Å²) in [7, 11) is 1.67. The van der Waals surface area contributed by atoms with Crippen molar-refractivity contribution in [2.24, 2.45) is 10.7 Å². The van der Waals surface area contributed by atoms with Crippen LogP contribution >= 0.6 is 0 Å². The maximum Gasteiger partial charge on any atom is 0.196 e. The second kappa shape index (κ2) is 4.28. The molecule has 0 amide bonds. The normalized spacial score (nSPS) is 23.7. The first-order chi connectivity index (χ1) is 8.10. The zero-order valence-corrected chi connectivity index (χ0v) is 10.6. The predicted octanol–water partition coefficient (Wildman–Crippen LogP) is 2.00. The van der Waals surface area contributed by atoms with Gasteiger partial charge in [-0.1, -0.05) is 13.0 Å². The van der Waals surface area contributed by atoms with Crippen molar-refractivity contribution in [2.45, 2.75) is 25.8 Å². The second-order valence-corrected chi connectivity index (χ2v) is 4.56. The fourth-order valence-corrected chi connectivity index (χ4v) is 2.13. The molecular weight excluding hydrogens is 214 g/mol. The van der Waals surface area contributed by atoms with Gasteiger partial charge in [-0.05, 0) is 25.5 Å². The van der Waals surface area contributed by atoms with E-state index >= 15 is 0 Å². The molecule has 92 valence electrons. The molecule has 1 aliphatic heterocycles. The Morgan fingerprint density at radius 3 is 2.94 bits per heavy atom. The van der Waals surface area contributed by atoms with Crippen LogP contribution in [-0.4, -0.2) is 25.2 Å². The molecule has 0 radical (unpaired) electrons. The van der Waals surface area contributed by atoms with Gasteiger partial charge in [0.05, 0.1) is 19.2 Å². The Morgan fingerprint density at radius 2 is 2.29 bits per heavy atom. The third-order valence-corrected chi connectivity index (χ3v) is 3.42. The zero-order chi connectivity index (χ0) is 12.5. The predicted molar refractivity (Wildman–Crippen MR) is 70.7 cm³/mol. The van der Waals surface area contributed by atoms with E-state index in [1.807, 2.05) is 24.3 Å². The van der Waals surface area contributed by atoms with E-state index in [2.05, 4.69) is 23.7 Å². The standard InChI is InChI=1S/C13H19N3O/c1-4-13(2)9-15-12(14)16(13)10-6-5-7-11(8-10)17-3/h5-8H,4,9H2,1-3H3,(H2,14,15). The SMILES string of the molecule is CCC1(C)CN=C(N)N1c1cccc(OC)c1. The van der Waals surface area contributed by atoms with Crippen molar-refractivity contribution in [2.75, 3.05) is 18.6 Å². The van der Waals surface area contributed by atoms with Crippen LogP contribution in [0.25, 0.3) is 0 Å². The summed E-state index contributed by atoms with van der Waals surface area (Å²) >= 11 is 0. The Bertz CT molecular complexity index is 444. The molecule has 0 saturated carbocycles. The quantitative estimate of drug-likeness (QED) is 0.868. The van der Waals surface area contributed by atoms with E-state index in [1.165, 1.54) is 0 Å². The fraction of sp³-hybridized carbons (Fsp3) is 0.462. The van der Waals surface area contributed by atoms with Gasteiger partial charge in [0.2, 0.25) is 0 Å². The minimum absolute atomic E-state index is 0.0313. The Morgan fingerprint density at radius 1 is 1.53 bits per heavy atom. The lowest BCUT2D eigenvalue weighted by molar-refractivity contribution is 0.414. The minimum atomic E-state index is -0.0313. The smallest absolute Gasteiger partial charge is 0.196 e. The number of hydrogen-bond acceptors (Lipinski definition) is 4. The lowest BCUT2D eigenvalue weighted by Crippen LogP contribution is -2.49. The number of aliphatic imine (C=N–C) groups is 1. The topological polar surface area (TPSA) is 50.8 Å². The number of hydrogen-bond donors (Lipinski definition) is 1. The lowest BCUT2D eigenvalue weighted by atomic mass is 9.97. The van der Waals surface area contributed by atoms with Crippen molar-refractivity contribution >= 4 is 11.6 Å². The third-order valence-electron chi connectivity index (χ3n) is 3.42. The highest BCUT2D eigenvalue weighted by atomic mass is 16.5. The molecule has 0 bridgehead atoms. The highest BCUT2D eigenvalue weighted by Crippen LogP contribution is 2.32. The van der Waals surface area contributed by atoms with Crippen molar-refractivity contribution in [3.05, 3.63) is 24.3 Å². The molecule has 4 nitrogen and oxygen atoms in total. The summed E-state index contributed by atoms with van der Waals surface area (Å²) in [5.74, 6) is 1.42. The summed E-state index contributed by atoms with van der Waals surface area (Å²) in [5.41, 5.74) is 6.99. The number of nitrogens with two attached hydrogens (primary N) is 1. The van der Waals surface area contributed by atoms with E-state index in [-0.39, 0.29) is 5.54 Å². The Labute approximate surface area is 102 Å². The molecule has 0 saturated heterocycles. The average Bonchev–Trinajstić information content (AvgIpc) is 2.66. The summed E-state index contributed by atoms with van der Waals surface area (Å²) in [6.07, 6.45) is 0.994. The Hall–Kier alpha value is -1.71. The first-order valence-corrected chi connectivity index (χ1v) is 5.85. The molecule has 2 N–H and O–H groups in total. The molecule has 17 heavy (non-hydrogen) atoms. The van der Waals surface area contributed by atoms with Crippen LogP contribution in [0.5, 0.6) is 5.75 Å². The van der Waals surface area contributed by atoms with Crippen molar-refractivity contribution in [1.82, 2.24) is 0 Å². The molecule has 0 fully saturated rings. The van der Waals surface area contributed by atoms with Crippen LogP contribution in [0.2, 0.25) is 0 Å². The summed E-state index contributed by atoms with van der Waals surface area (Å²) in [6.45, 7) is 5.07. The van der Waals surface area contributed by atoms with Crippen LogP contribution in [0.4, 0.5) is 5.69 Å². The third kappa shape index (κ3) is 1.95. The number of benzene rings is 1. The molecule has 1 aliphatic rings. The van der Waals surface area contributed by atoms with Gasteiger partial charge in [-0.15, -0.1) is 0 Å². The molecule has 1 heterocycles. The van der Waals surface area contributed by atoms with Gasteiger partial charge < -0.3 is 15.4 Å². The van der Waals surface area contributed by atoms with E-state index < -0.39 is 0 Å². The van der Waals surface area contributed by atoms with Crippen LogP contribution in [-0.2, 0) is 0 Å². The van der Waals surface area contributed by atoms with Gasteiger partial charge >= 0.3 is 0 Å². The Kier molecular flexibility index (Phi) is 2.96. The van der Waals surface area contributed by atoms with Gasteiger partial charge in [-0.2, -0.15) is 0 Å². The van der Waals surface area contributed by atoms with Gasteiger partial charge in [0.1, 0.15) is 5.75 Å². The summed E-state index contributed by atoms with van der Waals surface area (Å²) in [5, 5.41) is 0. The summed E-state index contributed by atoms with van der Waals surface area (Å²) in [6, 6.07) is 7.91. The molecule has 0 aliphatic carbocycles. The number of ether oxygens (including phenoxy) is 1. The lowest BCUT2D eigenvalue weighted by Gasteiger charge is -2.35. The number of guanidine groups is 1. The zero-order valence-electron chi connectivity index (χ0n) is 10.6. The molecule has 1 unspecified atom stereocenters. The van der Waals surface area contributed by atoms with E-state index in [0.29, 0.717) is 5.96 Å². The van der Waals surface area contributed by atoms with Crippen LogP contribution in [0.1, 0.15) is 20.3 Å². The van der Waals surface area contributed by atoms with Crippen molar-refractivity contribution in [3.63, 3.8) is 0 Å². The van der Waals surface area contributed by atoms with Crippen molar-refractivity contribution in [1.29, 1.82) is 0 Å². The minimum Gasteiger partial charge on any atom is -0.497 e. The van der Waals surface area contributed by atoms with Crippen molar-refractivity contribution < 1.29 is 4.74 Å². The Balaban J connectivity index is 2.40. The molecule has 4 heteroatoms. The number of anilines is 1. The summed E-state index contributed by atoms with van der Waals surface area (Å²) in [4.78, 5) is 6.45. The molecule has 1 atom stereocenters. The maximum absolute atomic E-state index is 5.99. The van der Waals surface area contributed by atoms with E-state index in [4.69, 9.17) is 10.5 Å². The number of rotatable bonds is 3. The van der Waals surface area contributed by atoms with Gasteiger partial charge in [-0.3, -0.25) is 4.99 Å². The molecule has 2 rings (SSSR count). The first-order valence-electron chi connectivity index (χ1n) is 5.85. The molecule has 1 aromatic carbocycles. The van der Waals surface area contributed by atoms with Crippen LogP contribution in [0.15, 0.2) is 29.3 Å². The second-order valence-electron chi connectivity index (χ2n) is 4.56. The summed E-state index contributed by atoms with van der Waals surface area (Å²) < 4.78 is 5.24. The fourth-order valence-electron chi connectivity index (χ4n) is 2.13. The highest BCUT2D eigenvalue weighted by Gasteiger charge is 2.37. The maximum atomic E-state index is 5.99. The van der Waals surface area contributed by atoms with Crippen LogP contribution in [0, 0.1) is 0 Å². The van der Waals surface area contributed by atoms with Gasteiger partial charge in [0.25, 0.3) is 0 Å². The van der Waals surface area contributed by atoms with Gasteiger partial charge in [0.15, 0.2) is 5.96 Å². The van der Waals surface area contributed by atoms with Gasteiger partial charge in [0, 0.05) is 11.8 Å². The highest BCUT2D eigenvalue weighted by molar-refractivity contribution is 5.98. The van der Waals surface area contributed by atoms with E-state index in [9.17, 15) is 0 Å². The molecule has 1 aromatic rings. The molecular formula is C13H19N3O. The van der Waals surface area contributed by atoms with Crippen LogP contribution < -0.4 is 15.4 Å². The first kappa shape index (κ1) is 11.8. The van der Waals surface area contributed by atoms with E-state index in [0.717, 1.165) is 24.4 Å².